The summed E-state index contributed by atoms with van der Waals surface area (Å²) in [6.45, 7) is 1.67. The fourth-order valence-electron chi connectivity index (χ4n) is 1.21. The number of rotatable bonds is 3. The van der Waals surface area contributed by atoms with Crippen LogP contribution < -0.4 is 4.74 Å². The van der Waals surface area contributed by atoms with Crippen LogP contribution in [0.15, 0.2) is 12.1 Å². The van der Waals surface area contributed by atoms with Crippen molar-refractivity contribution >= 4 is 19.7 Å². The first-order valence-electron chi connectivity index (χ1n) is 4.09. The molecular weight excluding hydrogens is 243 g/mol. The Balaban J connectivity index is 3.19. The first-order valence-corrected chi connectivity index (χ1v) is 6.56. The van der Waals surface area contributed by atoms with Crippen molar-refractivity contribution in [2.75, 3.05) is 7.11 Å². The summed E-state index contributed by atoms with van der Waals surface area (Å²) < 4.78 is 39.9. The van der Waals surface area contributed by atoms with Gasteiger partial charge in [-0.05, 0) is 24.6 Å². The van der Waals surface area contributed by atoms with Crippen LogP contribution in [0.3, 0.4) is 0 Å². The molecule has 0 aliphatic carbocycles. The largest absolute Gasteiger partial charge is 0.496 e. The highest BCUT2D eigenvalue weighted by Crippen LogP contribution is 2.24. The number of hydrogen-bond acceptors (Lipinski definition) is 3. The molecule has 0 aromatic heterocycles. The van der Waals surface area contributed by atoms with Crippen molar-refractivity contribution in [1.82, 2.24) is 0 Å². The zero-order valence-electron chi connectivity index (χ0n) is 8.25. The molecule has 0 aliphatic rings. The Bertz CT molecular complexity index is 470. The average Bonchev–Trinajstić information content (AvgIpc) is 2.07. The first kappa shape index (κ1) is 12.3. The van der Waals surface area contributed by atoms with Crippen LogP contribution in [0.25, 0.3) is 0 Å². The van der Waals surface area contributed by atoms with Gasteiger partial charge in [0.05, 0.1) is 12.9 Å². The van der Waals surface area contributed by atoms with Crippen LogP contribution >= 0.6 is 10.7 Å². The molecule has 0 aliphatic heterocycles. The highest BCUT2D eigenvalue weighted by Gasteiger charge is 2.14. The summed E-state index contributed by atoms with van der Waals surface area (Å²) in [7, 11) is 2.71. The van der Waals surface area contributed by atoms with Crippen LogP contribution in [0, 0.1) is 12.7 Å². The summed E-state index contributed by atoms with van der Waals surface area (Å²) >= 11 is 0. The Labute approximate surface area is 92.2 Å². The van der Waals surface area contributed by atoms with Gasteiger partial charge in [0, 0.05) is 16.2 Å². The third-order valence-electron chi connectivity index (χ3n) is 1.89. The molecule has 1 aromatic rings. The van der Waals surface area contributed by atoms with E-state index in [1.54, 1.807) is 6.92 Å². The van der Waals surface area contributed by atoms with Crippen molar-refractivity contribution in [3.8, 4) is 5.75 Å². The predicted octanol–water partition coefficient (Wildman–Crippen LogP) is 2.21. The first-order chi connectivity index (χ1) is 6.83. The molecule has 0 N–H and O–H groups in total. The number of halogens is 2. The van der Waals surface area contributed by atoms with Crippen molar-refractivity contribution in [3.05, 3.63) is 29.1 Å². The molecule has 6 heteroatoms. The van der Waals surface area contributed by atoms with Gasteiger partial charge in [-0.15, -0.1) is 0 Å². The van der Waals surface area contributed by atoms with E-state index in [4.69, 9.17) is 15.4 Å². The SMILES string of the molecule is COc1cc(CS(=O)(=O)Cl)c(F)cc1C. The van der Waals surface area contributed by atoms with Crippen molar-refractivity contribution in [3.63, 3.8) is 0 Å². The minimum Gasteiger partial charge on any atom is -0.496 e. The van der Waals surface area contributed by atoms with Gasteiger partial charge >= 0.3 is 0 Å². The van der Waals surface area contributed by atoms with E-state index in [1.165, 1.54) is 19.2 Å². The van der Waals surface area contributed by atoms with Gasteiger partial charge in [0.2, 0.25) is 9.05 Å². The molecule has 0 radical (unpaired) electrons. The van der Waals surface area contributed by atoms with Crippen molar-refractivity contribution in [1.29, 1.82) is 0 Å². The van der Waals surface area contributed by atoms with Gasteiger partial charge in [-0.1, -0.05) is 0 Å². The Kier molecular flexibility index (Phi) is 3.57. The maximum Gasteiger partial charge on any atom is 0.236 e. The molecule has 0 spiro atoms. The van der Waals surface area contributed by atoms with E-state index >= 15 is 0 Å². The van der Waals surface area contributed by atoms with E-state index in [0.29, 0.717) is 11.3 Å². The zero-order chi connectivity index (χ0) is 11.6. The summed E-state index contributed by atoms with van der Waals surface area (Å²) in [5, 5.41) is 0. The molecule has 0 amide bonds. The van der Waals surface area contributed by atoms with E-state index in [2.05, 4.69) is 0 Å². The van der Waals surface area contributed by atoms with Crippen LogP contribution in [0.4, 0.5) is 4.39 Å². The Morgan fingerprint density at radius 1 is 1.47 bits per heavy atom. The lowest BCUT2D eigenvalue weighted by molar-refractivity contribution is 0.409. The van der Waals surface area contributed by atoms with E-state index in [1.807, 2.05) is 0 Å². The van der Waals surface area contributed by atoms with Crippen LogP contribution in [0.5, 0.6) is 5.75 Å². The van der Waals surface area contributed by atoms with Gasteiger partial charge in [-0.2, -0.15) is 0 Å². The maximum absolute atomic E-state index is 13.3. The number of aryl methyl sites for hydroxylation is 1. The van der Waals surface area contributed by atoms with Crippen LogP contribution in [0.1, 0.15) is 11.1 Å². The van der Waals surface area contributed by atoms with E-state index in [-0.39, 0.29) is 5.56 Å². The van der Waals surface area contributed by atoms with Gasteiger partial charge in [0.1, 0.15) is 11.6 Å². The lowest BCUT2D eigenvalue weighted by Crippen LogP contribution is -2.00. The molecule has 0 bridgehead atoms. The van der Waals surface area contributed by atoms with Crippen LogP contribution in [-0.4, -0.2) is 15.5 Å². The molecule has 0 heterocycles. The summed E-state index contributed by atoms with van der Waals surface area (Å²) in [5.41, 5.74) is 0.609. The average molecular weight is 253 g/mol. The summed E-state index contributed by atoms with van der Waals surface area (Å²) in [6.07, 6.45) is 0. The molecule has 3 nitrogen and oxygen atoms in total. The maximum atomic E-state index is 13.3. The van der Waals surface area contributed by atoms with Crippen LogP contribution in [-0.2, 0) is 14.8 Å². The smallest absolute Gasteiger partial charge is 0.236 e. The minimum atomic E-state index is -3.76. The Morgan fingerprint density at radius 3 is 2.53 bits per heavy atom. The molecule has 15 heavy (non-hydrogen) atoms. The molecule has 0 saturated carbocycles. The number of hydrogen-bond donors (Lipinski definition) is 0. The molecule has 1 rings (SSSR count). The fourth-order valence-corrected chi connectivity index (χ4v) is 2.16. The molecule has 0 unspecified atom stereocenters. The van der Waals surface area contributed by atoms with E-state index in [9.17, 15) is 12.8 Å². The summed E-state index contributed by atoms with van der Waals surface area (Å²) in [4.78, 5) is 0. The molecule has 84 valence electrons. The van der Waals surface area contributed by atoms with Crippen molar-refractivity contribution < 1.29 is 17.5 Å². The standard InChI is InChI=1S/C9H10ClFO3S/c1-6-3-8(11)7(4-9(6)14-2)5-15(10,12)13/h3-4H,5H2,1-2H3. The molecular formula is C9H10ClFO3S. The van der Waals surface area contributed by atoms with Gasteiger partial charge in [-0.3, -0.25) is 0 Å². The number of methoxy groups -OCH3 is 1. The minimum absolute atomic E-state index is 0.00690. The molecule has 1 aromatic carbocycles. The van der Waals surface area contributed by atoms with E-state index < -0.39 is 20.6 Å². The number of benzene rings is 1. The fraction of sp³-hybridized carbons (Fsp3) is 0.333. The van der Waals surface area contributed by atoms with Gasteiger partial charge in [-0.25, -0.2) is 12.8 Å². The van der Waals surface area contributed by atoms with Gasteiger partial charge in [0.25, 0.3) is 0 Å². The second-order valence-electron chi connectivity index (χ2n) is 3.10. The van der Waals surface area contributed by atoms with Crippen LogP contribution in [0.2, 0.25) is 0 Å². The van der Waals surface area contributed by atoms with Crippen molar-refractivity contribution in [2.45, 2.75) is 12.7 Å². The molecule has 0 fully saturated rings. The lowest BCUT2D eigenvalue weighted by atomic mass is 10.1. The second kappa shape index (κ2) is 4.37. The topological polar surface area (TPSA) is 43.4 Å². The molecule has 0 atom stereocenters. The zero-order valence-corrected chi connectivity index (χ0v) is 9.82. The second-order valence-corrected chi connectivity index (χ2v) is 5.87. The van der Waals surface area contributed by atoms with E-state index in [0.717, 1.165) is 0 Å². The quantitative estimate of drug-likeness (QED) is 0.775. The Morgan fingerprint density at radius 2 is 2.07 bits per heavy atom. The van der Waals surface area contributed by atoms with Gasteiger partial charge < -0.3 is 4.74 Å². The predicted molar refractivity (Wildman–Crippen MR) is 56.2 cm³/mol. The summed E-state index contributed by atoms with van der Waals surface area (Å²) in [5.74, 6) is -0.707. The third-order valence-corrected chi connectivity index (χ3v) is 2.87. The number of ether oxygens (including phenoxy) is 1. The molecule has 0 saturated heterocycles. The summed E-state index contributed by atoms with van der Waals surface area (Å²) in [6, 6.07) is 2.56. The highest BCUT2D eigenvalue weighted by molar-refractivity contribution is 8.13. The lowest BCUT2D eigenvalue weighted by Gasteiger charge is -2.07. The van der Waals surface area contributed by atoms with Crippen molar-refractivity contribution in [2.24, 2.45) is 0 Å². The normalized spacial score (nSPS) is 11.5. The third kappa shape index (κ3) is 3.35. The highest BCUT2D eigenvalue weighted by atomic mass is 35.7. The monoisotopic (exact) mass is 252 g/mol. The Hall–Kier alpha value is -0.810. The van der Waals surface area contributed by atoms with Gasteiger partial charge in [0.15, 0.2) is 0 Å².